The maximum Gasteiger partial charge on any atom is 0.263 e. The number of thiophene rings is 1. The molecule has 3 aromatic heterocycles. The quantitative estimate of drug-likeness (QED) is 0.456. The molecule has 160 valence electrons. The van der Waals surface area contributed by atoms with E-state index in [9.17, 15) is 4.79 Å². The van der Waals surface area contributed by atoms with E-state index < -0.39 is 0 Å². The number of likely N-dealkylation sites (tertiary alicyclic amines) is 1. The van der Waals surface area contributed by atoms with Crippen LogP contribution in [0.15, 0.2) is 73.1 Å². The van der Waals surface area contributed by atoms with Crippen molar-refractivity contribution < 1.29 is 4.79 Å². The Labute approximate surface area is 191 Å². The second-order valence-electron chi connectivity index (χ2n) is 7.88. The molecule has 1 aliphatic rings. The van der Waals surface area contributed by atoms with Crippen LogP contribution in [0.5, 0.6) is 0 Å². The van der Waals surface area contributed by atoms with E-state index in [2.05, 4.69) is 10.3 Å². The number of hydrogen-bond donors (Lipinski definition) is 1. The Morgan fingerprint density at radius 2 is 1.97 bits per heavy atom. The number of benzene rings is 1. The molecule has 1 fully saturated rings. The monoisotopic (exact) mass is 441 g/mol. The van der Waals surface area contributed by atoms with Gasteiger partial charge in [-0.15, -0.1) is 11.3 Å². The van der Waals surface area contributed by atoms with Gasteiger partial charge in [0.05, 0.1) is 10.6 Å². The van der Waals surface area contributed by atoms with Gasteiger partial charge in [-0.2, -0.15) is 0 Å². The van der Waals surface area contributed by atoms with Gasteiger partial charge in [0, 0.05) is 53.6 Å². The lowest BCUT2D eigenvalue weighted by Crippen LogP contribution is -2.28. The lowest BCUT2D eigenvalue weighted by Gasteiger charge is -2.16. The lowest BCUT2D eigenvalue weighted by atomic mass is 10.1. The molecule has 7 heteroatoms. The number of para-hydroxylation sites is 1. The van der Waals surface area contributed by atoms with E-state index >= 15 is 0 Å². The summed E-state index contributed by atoms with van der Waals surface area (Å²) in [6, 6.07) is 19.7. The van der Waals surface area contributed by atoms with Gasteiger partial charge in [0.15, 0.2) is 0 Å². The Kier molecular flexibility index (Phi) is 5.64. The Morgan fingerprint density at radius 1 is 1.09 bits per heavy atom. The summed E-state index contributed by atoms with van der Waals surface area (Å²) in [5, 5.41) is 3.39. The van der Waals surface area contributed by atoms with E-state index in [0.717, 1.165) is 44.8 Å². The number of pyridine rings is 1. The van der Waals surface area contributed by atoms with E-state index in [1.807, 2.05) is 78.7 Å². The molecule has 4 aromatic rings. The summed E-state index contributed by atoms with van der Waals surface area (Å²) < 4.78 is 0. The minimum Gasteiger partial charge on any atom is -0.340 e. The van der Waals surface area contributed by atoms with Crippen molar-refractivity contribution >= 4 is 28.7 Å². The summed E-state index contributed by atoms with van der Waals surface area (Å²) in [6.45, 7) is 3.35. The van der Waals surface area contributed by atoms with Crippen LogP contribution in [0.1, 0.15) is 32.7 Å². The highest BCUT2D eigenvalue weighted by molar-refractivity contribution is 7.13. The zero-order chi connectivity index (χ0) is 21.9. The van der Waals surface area contributed by atoms with E-state index in [0.29, 0.717) is 13.1 Å². The Morgan fingerprint density at radius 3 is 2.72 bits per heavy atom. The maximum atomic E-state index is 12.9. The normalized spacial score (nSPS) is 15.7. The Hall–Kier alpha value is -3.58. The fraction of sp³-hybridized carbons (Fsp3) is 0.200. The van der Waals surface area contributed by atoms with Gasteiger partial charge in [0.25, 0.3) is 5.91 Å². The molecule has 4 heterocycles. The maximum absolute atomic E-state index is 12.9. The molecule has 1 aromatic carbocycles. The molecule has 1 N–H and O–H groups in total. The van der Waals surface area contributed by atoms with Crippen LogP contribution in [0.25, 0.3) is 11.3 Å². The summed E-state index contributed by atoms with van der Waals surface area (Å²) in [4.78, 5) is 30.7. The van der Waals surface area contributed by atoms with Crippen LogP contribution in [0.3, 0.4) is 0 Å². The van der Waals surface area contributed by atoms with Crippen LogP contribution in [-0.4, -0.2) is 38.8 Å². The standard InChI is InChI=1S/C25H23N5OS/c1-17-9-10-22(32-17)25(31)30-13-11-19(16-30)24-28-21(18-6-5-12-26-15-18)14-23(29-24)27-20-7-3-2-4-8-20/h2-10,12,14-15,19H,11,13,16H2,1H3,(H,27,28,29)/t19-/m0/s1. The molecular formula is C25H23N5OS. The van der Waals surface area contributed by atoms with Gasteiger partial charge in [0.2, 0.25) is 0 Å². The number of amides is 1. The number of nitrogens with zero attached hydrogens (tertiary/aromatic N) is 4. The molecule has 1 amide bonds. The molecule has 5 rings (SSSR count). The molecule has 0 saturated carbocycles. The van der Waals surface area contributed by atoms with Crippen molar-refractivity contribution in [2.24, 2.45) is 0 Å². The summed E-state index contributed by atoms with van der Waals surface area (Å²) in [5.74, 6) is 1.67. The SMILES string of the molecule is Cc1ccc(C(=O)N2CC[C@H](c3nc(Nc4ccccc4)cc(-c4cccnc4)n3)C2)s1. The number of aryl methyl sites for hydroxylation is 1. The second kappa shape index (κ2) is 8.88. The molecule has 6 nitrogen and oxygen atoms in total. The molecule has 0 aliphatic carbocycles. The number of anilines is 2. The third-order valence-electron chi connectivity index (χ3n) is 5.54. The lowest BCUT2D eigenvalue weighted by molar-refractivity contribution is 0.0795. The smallest absolute Gasteiger partial charge is 0.263 e. The van der Waals surface area contributed by atoms with Crippen molar-refractivity contribution in [3.05, 3.63) is 88.6 Å². The summed E-state index contributed by atoms with van der Waals surface area (Å²) in [5.41, 5.74) is 2.72. The second-order valence-corrected chi connectivity index (χ2v) is 9.16. The molecule has 0 unspecified atom stereocenters. The average molecular weight is 442 g/mol. The highest BCUT2D eigenvalue weighted by atomic mass is 32.1. The largest absolute Gasteiger partial charge is 0.340 e. The van der Waals surface area contributed by atoms with E-state index in [-0.39, 0.29) is 11.8 Å². The topological polar surface area (TPSA) is 71.0 Å². The fourth-order valence-corrected chi connectivity index (χ4v) is 4.74. The van der Waals surface area contributed by atoms with Crippen molar-refractivity contribution in [1.29, 1.82) is 0 Å². The summed E-state index contributed by atoms with van der Waals surface area (Å²) >= 11 is 1.54. The van der Waals surface area contributed by atoms with Crippen LogP contribution in [-0.2, 0) is 0 Å². The van der Waals surface area contributed by atoms with Crippen molar-refractivity contribution in [1.82, 2.24) is 19.9 Å². The van der Waals surface area contributed by atoms with Crippen molar-refractivity contribution in [2.75, 3.05) is 18.4 Å². The molecule has 1 saturated heterocycles. The third-order valence-corrected chi connectivity index (χ3v) is 6.53. The van der Waals surface area contributed by atoms with Crippen molar-refractivity contribution in [2.45, 2.75) is 19.3 Å². The van der Waals surface area contributed by atoms with E-state index in [1.54, 1.807) is 17.5 Å². The van der Waals surface area contributed by atoms with Gasteiger partial charge < -0.3 is 10.2 Å². The number of carbonyl (C=O) groups is 1. The predicted molar refractivity (Wildman–Crippen MR) is 127 cm³/mol. The molecule has 1 aliphatic heterocycles. The van der Waals surface area contributed by atoms with Crippen LogP contribution < -0.4 is 5.32 Å². The number of hydrogen-bond acceptors (Lipinski definition) is 6. The van der Waals surface area contributed by atoms with Crippen LogP contribution in [0.4, 0.5) is 11.5 Å². The van der Waals surface area contributed by atoms with Gasteiger partial charge in [-0.1, -0.05) is 18.2 Å². The van der Waals surface area contributed by atoms with Gasteiger partial charge in [-0.3, -0.25) is 9.78 Å². The Bertz CT molecular complexity index is 1230. The number of nitrogens with one attached hydrogen (secondary N) is 1. The molecular weight excluding hydrogens is 418 g/mol. The molecule has 0 radical (unpaired) electrons. The zero-order valence-corrected chi connectivity index (χ0v) is 18.5. The van der Waals surface area contributed by atoms with Crippen LogP contribution >= 0.6 is 11.3 Å². The first-order chi connectivity index (χ1) is 15.7. The van der Waals surface area contributed by atoms with Gasteiger partial charge in [-0.05, 0) is 49.7 Å². The van der Waals surface area contributed by atoms with E-state index in [1.165, 1.54) is 0 Å². The van der Waals surface area contributed by atoms with Gasteiger partial charge in [0.1, 0.15) is 11.6 Å². The first-order valence-corrected chi connectivity index (χ1v) is 11.4. The van der Waals surface area contributed by atoms with E-state index in [4.69, 9.17) is 9.97 Å². The average Bonchev–Trinajstić information content (AvgIpc) is 3.49. The van der Waals surface area contributed by atoms with Crippen LogP contribution in [0, 0.1) is 6.92 Å². The molecule has 32 heavy (non-hydrogen) atoms. The first-order valence-electron chi connectivity index (χ1n) is 10.6. The minimum absolute atomic E-state index is 0.0907. The van der Waals surface area contributed by atoms with Crippen molar-refractivity contribution in [3.8, 4) is 11.3 Å². The molecule has 1 atom stereocenters. The summed E-state index contributed by atoms with van der Waals surface area (Å²) in [7, 11) is 0. The zero-order valence-electron chi connectivity index (χ0n) is 17.7. The van der Waals surface area contributed by atoms with Crippen LogP contribution in [0.2, 0.25) is 0 Å². The number of carbonyl (C=O) groups excluding carboxylic acids is 1. The summed E-state index contributed by atoms with van der Waals surface area (Å²) in [6.07, 6.45) is 4.40. The Balaban J connectivity index is 1.43. The van der Waals surface area contributed by atoms with Gasteiger partial charge >= 0.3 is 0 Å². The van der Waals surface area contributed by atoms with Gasteiger partial charge in [-0.25, -0.2) is 9.97 Å². The fourth-order valence-electron chi connectivity index (χ4n) is 3.90. The third kappa shape index (κ3) is 4.38. The van der Waals surface area contributed by atoms with Crippen molar-refractivity contribution in [3.63, 3.8) is 0 Å². The molecule has 0 spiro atoms. The number of aromatic nitrogens is 3. The predicted octanol–water partition coefficient (Wildman–Crippen LogP) is 5.28. The minimum atomic E-state index is 0.0907. The highest BCUT2D eigenvalue weighted by Crippen LogP contribution is 2.30. The number of rotatable bonds is 5. The first kappa shape index (κ1) is 20.3. The highest BCUT2D eigenvalue weighted by Gasteiger charge is 2.30. The molecule has 0 bridgehead atoms.